The molecule has 2 aliphatic rings. The van der Waals surface area contributed by atoms with Crippen molar-refractivity contribution in [2.45, 2.75) is 45.3 Å². The largest absolute Gasteiger partial charge is 0.459 e. The third kappa shape index (κ3) is 3.54. The number of urea groups is 1. The molecule has 2 amide bonds. The molecule has 1 aliphatic heterocycles. The summed E-state index contributed by atoms with van der Waals surface area (Å²) in [6.45, 7) is 3.70. The molecule has 8 nitrogen and oxygen atoms in total. The molecule has 1 saturated carbocycles. The summed E-state index contributed by atoms with van der Waals surface area (Å²) < 4.78 is 5.69. The van der Waals surface area contributed by atoms with Crippen molar-refractivity contribution in [3.8, 4) is 0 Å². The Morgan fingerprint density at radius 2 is 1.96 bits per heavy atom. The van der Waals surface area contributed by atoms with E-state index >= 15 is 0 Å². The molecule has 138 valence electrons. The van der Waals surface area contributed by atoms with Crippen molar-refractivity contribution in [1.82, 2.24) is 10.6 Å². The summed E-state index contributed by atoms with van der Waals surface area (Å²) in [5.41, 5.74) is 1.26. The second-order valence-electron chi connectivity index (χ2n) is 6.77. The number of benzene rings is 1. The Morgan fingerprint density at radius 3 is 2.54 bits per heavy atom. The maximum atomic E-state index is 12.8. The van der Waals surface area contributed by atoms with E-state index in [9.17, 15) is 19.7 Å². The number of nitro benzene ring substituents is 1. The number of carbonyl (C=O) groups excluding carboxylic acids is 2. The van der Waals surface area contributed by atoms with Crippen molar-refractivity contribution in [1.29, 1.82) is 0 Å². The number of rotatable bonds is 4. The summed E-state index contributed by atoms with van der Waals surface area (Å²) in [7, 11) is 0. The first kappa shape index (κ1) is 17.9. The second-order valence-corrected chi connectivity index (χ2v) is 6.77. The predicted molar refractivity (Wildman–Crippen MR) is 93.1 cm³/mol. The van der Waals surface area contributed by atoms with E-state index in [-0.39, 0.29) is 11.8 Å². The fourth-order valence-corrected chi connectivity index (χ4v) is 3.49. The van der Waals surface area contributed by atoms with Crippen LogP contribution in [0.4, 0.5) is 10.5 Å². The average Bonchev–Trinajstić information content (AvgIpc) is 2.99. The molecule has 3 rings (SSSR count). The summed E-state index contributed by atoms with van der Waals surface area (Å²) in [6, 6.07) is 4.62. The highest BCUT2D eigenvalue weighted by Gasteiger charge is 2.35. The molecular formula is C18H21N3O5. The standard InChI is InChI=1S/C18H21N3O5/c1-10-4-3-5-14(10)26-17(22)15-11(2)19-18(23)20-16(15)12-6-8-13(9-7-12)21(24)25/h6-10,14,16H,3-5H2,1-2H3,(H2,19,20,23). The van der Waals surface area contributed by atoms with Crippen molar-refractivity contribution in [2.24, 2.45) is 5.92 Å². The van der Waals surface area contributed by atoms with Gasteiger partial charge in [-0.1, -0.05) is 6.92 Å². The minimum Gasteiger partial charge on any atom is -0.459 e. The van der Waals surface area contributed by atoms with Crippen molar-refractivity contribution in [2.75, 3.05) is 0 Å². The maximum absolute atomic E-state index is 12.8. The van der Waals surface area contributed by atoms with Gasteiger partial charge in [0, 0.05) is 17.8 Å². The molecule has 0 bridgehead atoms. The van der Waals surface area contributed by atoms with Crippen molar-refractivity contribution >= 4 is 17.7 Å². The highest BCUT2D eigenvalue weighted by Crippen LogP contribution is 2.32. The predicted octanol–water partition coefficient (Wildman–Crippen LogP) is 2.95. The fraction of sp³-hybridized carbons (Fsp3) is 0.444. The van der Waals surface area contributed by atoms with Gasteiger partial charge in [0.2, 0.25) is 0 Å². The molecule has 3 atom stereocenters. The van der Waals surface area contributed by atoms with Crippen LogP contribution < -0.4 is 10.6 Å². The first-order valence-corrected chi connectivity index (χ1v) is 8.60. The summed E-state index contributed by atoms with van der Waals surface area (Å²) in [5, 5.41) is 16.1. The van der Waals surface area contributed by atoms with Crippen molar-refractivity contribution in [3.63, 3.8) is 0 Å². The lowest BCUT2D eigenvalue weighted by molar-refractivity contribution is -0.384. The number of ether oxygens (including phenoxy) is 1. The van der Waals surface area contributed by atoms with Gasteiger partial charge in [-0.15, -0.1) is 0 Å². The molecule has 8 heteroatoms. The van der Waals surface area contributed by atoms with E-state index in [1.54, 1.807) is 6.92 Å². The zero-order valence-electron chi connectivity index (χ0n) is 14.7. The molecule has 1 aromatic rings. The molecule has 26 heavy (non-hydrogen) atoms. The SMILES string of the molecule is CC1=C(C(=O)OC2CCCC2C)C(c2ccc([N+](=O)[O-])cc2)NC(=O)N1. The van der Waals surface area contributed by atoms with Gasteiger partial charge in [0.15, 0.2) is 0 Å². The summed E-state index contributed by atoms with van der Waals surface area (Å²) >= 11 is 0. The number of nitrogens with zero attached hydrogens (tertiary/aromatic N) is 1. The second kappa shape index (κ2) is 7.15. The molecule has 1 heterocycles. The minimum absolute atomic E-state index is 0.0568. The third-order valence-corrected chi connectivity index (χ3v) is 4.97. The van der Waals surface area contributed by atoms with Gasteiger partial charge in [-0.2, -0.15) is 0 Å². The molecule has 1 aromatic carbocycles. The molecule has 1 fully saturated rings. The summed E-state index contributed by atoms with van der Waals surface area (Å²) in [4.78, 5) is 35.0. The normalized spacial score (nSPS) is 25.5. The molecule has 2 N–H and O–H groups in total. The molecule has 0 radical (unpaired) electrons. The van der Waals surface area contributed by atoms with E-state index in [1.807, 2.05) is 0 Å². The Balaban J connectivity index is 1.88. The van der Waals surface area contributed by atoms with E-state index in [2.05, 4.69) is 17.6 Å². The topological polar surface area (TPSA) is 111 Å². The summed E-state index contributed by atoms with van der Waals surface area (Å²) in [5.74, 6) is -0.166. The van der Waals surface area contributed by atoms with Gasteiger partial charge in [-0.05, 0) is 49.8 Å². The van der Waals surface area contributed by atoms with Gasteiger partial charge in [0.1, 0.15) is 6.10 Å². The van der Waals surface area contributed by atoms with E-state index in [4.69, 9.17) is 4.74 Å². The van der Waals surface area contributed by atoms with Crippen LogP contribution in [0.15, 0.2) is 35.5 Å². The summed E-state index contributed by atoms with van der Waals surface area (Å²) in [6.07, 6.45) is 2.76. The lowest BCUT2D eigenvalue weighted by atomic mass is 9.95. The number of hydrogen-bond donors (Lipinski definition) is 2. The number of esters is 1. The van der Waals surface area contributed by atoms with Crippen LogP contribution in [0, 0.1) is 16.0 Å². The van der Waals surface area contributed by atoms with E-state index in [0.717, 1.165) is 19.3 Å². The van der Waals surface area contributed by atoms with Crippen LogP contribution in [-0.4, -0.2) is 23.0 Å². The Morgan fingerprint density at radius 1 is 1.27 bits per heavy atom. The molecule has 0 saturated heterocycles. The average molecular weight is 359 g/mol. The first-order chi connectivity index (χ1) is 12.4. The first-order valence-electron chi connectivity index (χ1n) is 8.60. The third-order valence-electron chi connectivity index (χ3n) is 4.97. The van der Waals surface area contributed by atoms with Crippen LogP contribution in [0.1, 0.15) is 44.7 Å². The van der Waals surface area contributed by atoms with Gasteiger partial charge in [-0.25, -0.2) is 9.59 Å². The molecule has 1 aliphatic carbocycles. The molecule has 0 aromatic heterocycles. The van der Waals surface area contributed by atoms with Crippen molar-refractivity contribution in [3.05, 3.63) is 51.2 Å². The lowest BCUT2D eigenvalue weighted by Crippen LogP contribution is -2.45. The van der Waals surface area contributed by atoms with Crippen LogP contribution in [0.3, 0.4) is 0 Å². The zero-order chi connectivity index (χ0) is 18.8. The molecule has 0 spiro atoms. The van der Waals surface area contributed by atoms with Crippen LogP contribution >= 0.6 is 0 Å². The Kier molecular flexibility index (Phi) is 4.92. The Labute approximate surface area is 150 Å². The van der Waals surface area contributed by atoms with E-state index in [0.29, 0.717) is 22.8 Å². The number of hydrogen-bond acceptors (Lipinski definition) is 5. The number of non-ortho nitro benzene ring substituents is 1. The maximum Gasteiger partial charge on any atom is 0.338 e. The van der Waals surface area contributed by atoms with Crippen LogP contribution in [0.5, 0.6) is 0 Å². The monoisotopic (exact) mass is 359 g/mol. The van der Waals surface area contributed by atoms with Gasteiger partial charge in [-0.3, -0.25) is 10.1 Å². The molecular weight excluding hydrogens is 338 g/mol. The van der Waals surface area contributed by atoms with Crippen LogP contribution in [-0.2, 0) is 9.53 Å². The fourth-order valence-electron chi connectivity index (χ4n) is 3.49. The Hall–Kier alpha value is -2.90. The highest BCUT2D eigenvalue weighted by atomic mass is 16.6. The lowest BCUT2D eigenvalue weighted by Gasteiger charge is -2.29. The van der Waals surface area contributed by atoms with Gasteiger partial charge in [0.25, 0.3) is 5.69 Å². The van der Waals surface area contributed by atoms with Gasteiger partial charge >= 0.3 is 12.0 Å². The minimum atomic E-state index is -0.714. The zero-order valence-corrected chi connectivity index (χ0v) is 14.7. The van der Waals surface area contributed by atoms with Gasteiger partial charge < -0.3 is 15.4 Å². The number of nitrogens with one attached hydrogen (secondary N) is 2. The number of amides is 2. The van der Waals surface area contributed by atoms with Crippen LogP contribution in [0.2, 0.25) is 0 Å². The quantitative estimate of drug-likeness (QED) is 0.488. The number of nitro groups is 1. The Bertz CT molecular complexity index is 772. The molecule has 3 unspecified atom stereocenters. The highest BCUT2D eigenvalue weighted by molar-refractivity contribution is 5.95. The van der Waals surface area contributed by atoms with E-state index in [1.165, 1.54) is 24.3 Å². The number of allylic oxidation sites excluding steroid dienone is 1. The number of carbonyl (C=O) groups is 2. The van der Waals surface area contributed by atoms with Crippen LogP contribution in [0.25, 0.3) is 0 Å². The smallest absolute Gasteiger partial charge is 0.338 e. The van der Waals surface area contributed by atoms with E-state index < -0.39 is 23.0 Å². The van der Waals surface area contributed by atoms with Gasteiger partial charge in [0.05, 0.1) is 16.5 Å². The van der Waals surface area contributed by atoms with Crippen molar-refractivity contribution < 1.29 is 19.2 Å².